The number of nitrogens with one attached hydrogen (secondary N) is 1. The van der Waals surface area contributed by atoms with E-state index in [1.807, 2.05) is 32.9 Å². The van der Waals surface area contributed by atoms with Gasteiger partial charge in [0.1, 0.15) is 17.0 Å². The van der Waals surface area contributed by atoms with Gasteiger partial charge in [0.05, 0.1) is 24.4 Å². The van der Waals surface area contributed by atoms with Gasteiger partial charge in [0.2, 0.25) is 5.88 Å². The molecule has 1 atom stereocenters. The number of rotatable bonds is 8. The van der Waals surface area contributed by atoms with Gasteiger partial charge in [0.25, 0.3) is 0 Å². The molecule has 0 aliphatic carbocycles. The van der Waals surface area contributed by atoms with E-state index in [1.54, 1.807) is 54.7 Å². The number of esters is 1. The number of carbonyl (C=O) groups excluding carboxylic acids is 2. The van der Waals surface area contributed by atoms with Crippen molar-refractivity contribution in [1.82, 2.24) is 19.9 Å². The fourth-order valence-electron chi connectivity index (χ4n) is 4.02. The number of benzene rings is 1. The van der Waals surface area contributed by atoms with Crippen LogP contribution >= 0.6 is 0 Å². The van der Waals surface area contributed by atoms with Crippen molar-refractivity contribution in [2.24, 2.45) is 0 Å². The number of hydrogen-bond acceptors (Lipinski definition) is 9. The van der Waals surface area contributed by atoms with Crippen LogP contribution in [0.1, 0.15) is 50.9 Å². The minimum Gasteiger partial charge on any atom is -0.462 e. The van der Waals surface area contributed by atoms with Crippen LogP contribution in [0.15, 0.2) is 55.0 Å². The maximum Gasteiger partial charge on any atom is 0.410 e. The molecule has 0 bridgehead atoms. The zero-order chi connectivity index (χ0) is 27.1. The summed E-state index contributed by atoms with van der Waals surface area (Å²) >= 11 is 0. The molecule has 0 unspecified atom stereocenters. The number of amides is 1. The molecule has 1 amide bonds. The Morgan fingerprint density at radius 1 is 1.13 bits per heavy atom. The number of hydrogen-bond donors (Lipinski definition) is 1. The van der Waals surface area contributed by atoms with E-state index in [-0.39, 0.29) is 12.1 Å². The molecule has 1 fully saturated rings. The minimum absolute atomic E-state index is 0.0421. The van der Waals surface area contributed by atoms with Gasteiger partial charge in [-0.05, 0) is 76.9 Å². The molecule has 1 saturated heterocycles. The Hall–Kier alpha value is -4.21. The summed E-state index contributed by atoms with van der Waals surface area (Å²) in [7, 11) is 0. The second-order valence-electron chi connectivity index (χ2n) is 9.85. The average molecular weight is 520 g/mol. The molecule has 1 aliphatic rings. The number of likely N-dealkylation sites (tertiary alicyclic amines) is 1. The van der Waals surface area contributed by atoms with Gasteiger partial charge in [-0.2, -0.15) is 4.98 Å². The van der Waals surface area contributed by atoms with E-state index < -0.39 is 11.6 Å². The van der Waals surface area contributed by atoms with E-state index in [9.17, 15) is 9.59 Å². The topological polar surface area (TPSA) is 116 Å². The molecule has 3 aromatic rings. The lowest BCUT2D eigenvalue weighted by Gasteiger charge is -2.29. The molecular weight excluding hydrogens is 486 g/mol. The highest BCUT2D eigenvalue weighted by molar-refractivity contribution is 5.89. The maximum atomic E-state index is 12.7. The molecule has 2 aromatic heterocycles. The fourth-order valence-corrected chi connectivity index (χ4v) is 4.02. The third-order valence-corrected chi connectivity index (χ3v) is 5.79. The van der Waals surface area contributed by atoms with Crippen molar-refractivity contribution >= 4 is 17.7 Å². The summed E-state index contributed by atoms with van der Waals surface area (Å²) in [6, 6.07) is 10.3. The summed E-state index contributed by atoms with van der Waals surface area (Å²) in [5.74, 6) is 0.865. The SMILES string of the molecule is CCOC(=O)c1ccc(Oc2nc(-c3cccnc3)ncc2NC[C@@H]2CCCN2C(=O)OC(C)(C)C)cc1. The first-order chi connectivity index (χ1) is 18.2. The van der Waals surface area contributed by atoms with Gasteiger partial charge in [-0.1, -0.05) is 0 Å². The highest BCUT2D eigenvalue weighted by atomic mass is 16.6. The van der Waals surface area contributed by atoms with Crippen LogP contribution in [-0.2, 0) is 9.47 Å². The molecule has 1 aliphatic heterocycles. The lowest BCUT2D eigenvalue weighted by atomic mass is 10.2. The number of anilines is 1. The standard InChI is InChI=1S/C28H33N5O5/c1-5-36-26(34)19-10-12-22(13-11-19)37-25-23(18-31-24(32-25)20-8-6-14-29-16-20)30-17-21-9-7-15-33(21)27(35)38-28(2,3)4/h6,8,10-14,16,18,21,30H,5,7,9,15,17H2,1-4H3/t21-/m0/s1. The summed E-state index contributed by atoms with van der Waals surface area (Å²) in [4.78, 5) is 39.7. The van der Waals surface area contributed by atoms with Crippen LogP contribution in [-0.4, -0.2) is 63.3 Å². The van der Waals surface area contributed by atoms with Gasteiger partial charge in [0.15, 0.2) is 5.82 Å². The zero-order valence-corrected chi connectivity index (χ0v) is 22.1. The molecule has 10 nitrogen and oxygen atoms in total. The molecule has 0 spiro atoms. The van der Waals surface area contributed by atoms with E-state index in [0.717, 1.165) is 18.4 Å². The van der Waals surface area contributed by atoms with E-state index in [0.29, 0.717) is 48.4 Å². The molecule has 1 N–H and O–H groups in total. The first-order valence-electron chi connectivity index (χ1n) is 12.7. The van der Waals surface area contributed by atoms with Gasteiger partial charge >= 0.3 is 12.1 Å². The predicted molar refractivity (Wildman–Crippen MR) is 142 cm³/mol. The Morgan fingerprint density at radius 3 is 2.61 bits per heavy atom. The Labute approximate surface area is 222 Å². The van der Waals surface area contributed by atoms with Crippen molar-refractivity contribution in [3.63, 3.8) is 0 Å². The maximum absolute atomic E-state index is 12.7. The monoisotopic (exact) mass is 519 g/mol. The Kier molecular flexibility index (Phi) is 8.40. The Bertz CT molecular complexity index is 1240. The highest BCUT2D eigenvalue weighted by Gasteiger charge is 2.32. The molecular formula is C28H33N5O5. The highest BCUT2D eigenvalue weighted by Crippen LogP contribution is 2.30. The minimum atomic E-state index is -0.558. The van der Waals surface area contributed by atoms with Crippen LogP contribution in [0.25, 0.3) is 11.4 Å². The first-order valence-corrected chi connectivity index (χ1v) is 12.7. The molecule has 1 aromatic carbocycles. The van der Waals surface area contributed by atoms with Gasteiger partial charge in [-0.25, -0.2) is 14.6 Å². The van der Waals surface area contributed by atoms with Crippen molar-refractivity contribution in [2.75, 3.05) is 25.0 Å². The van der Waals surface area contributed by atoms with Crippen LogP contribution < -0.4 is 10.1 Å². The fraction of sp³-hybridized carbons (Fsp3) is 0.393. The van der Waals surface area contributed by atoms with Crippen LogP contribution in [0.4, 0.5) is 10.5 Å². The number of carbonyl (C=O) groups is 2. The predicted octanol–water partition coefficient (Wildman–Crippen LogP) is 5.32. The second-order valence-corrected chi connectivity index (χ2v) is 9.85. The average Bonchev–Trinajstić information content (AvgIpc) is 3.37. The summed E-state index contributed by atoms with van der Waals surface area (Å²) in [6.07, 6.45) is 6.45. The van der Waals surface area contributed by atoms with Crippen molar-refractivity contribution < 1.29 is 23.8 Å². The normalized spacial score (nSPS) is 15.2. The molecule has 0 radical (unpaired) electrons. The van der Waals surface area contributed by atoms with E-state index in [2.05, 4.69) is 20.3 Å². The van der Waals surface area contributed by atoms with Gasteiger partial charge in [-0.15, -0.1) is 0 Å². The van der Waals surface area contributed by atoms with Gasteiger partial charge in [-0.3, -0.25) is 4.98 Å². The second kappa shape index (κ2) is 11.9. The van der Waals surface area contributed by atoms with Crippen LogP contribution in [0, 0.1) is 0 Å². The molecule has 3 heterocycles. The van der Waals surface area contributed by atoms with Crippen LogP contribution in [0.2, 0.25) is 0 Å². The third kappa shape index (κ3) is 6.96. The van der Waals surface area contributed by atoms with Gasteiger partial charge < -0.3 is 24.4 Å². The number of pyridine rings is 1. The third-order valence-electron chi connectivity index (χ3n) is 5.79. The Morgan fingerprint density at radius 2 is 1.92 bits per heavy atom. The number of aromatic nitrogens is 3. The van der Waals surface area contributed by atoms with E-state index in [1.165, 1.54) is 0 Å². The largest absolute Gasteiger partial charge is 0.462 e. The first kappa shape index (κ1) is 26.8. The van der Waals surface area contributed by atoms with Crippen molar-refractivity contribution in [3.8, 4) is 23.0 Å². The summed E-state index contributed by atoms with van der Waals surface area (Å²) in [5.41, 5.74) is 1.19. The molecule has 0 saturated carbocycles. The lowest BCUT2D eigenvalue weighted by Crippen LogP contribution is -2.42. The lowest BCUT2D eigenvalue weighted by molar-refractivity contribution is 0.0234. The zero-order valence-electron chi connectivity index (χ0n) is 22.1. The van der Waals surface area contributed by atoms with E-state index in [4.69, 9.17) is 14.2 Å². The van der Waals surface area contributed by atoms with Crippen LogP contribution in [0.3, 0.4) is 0 Å². The quantitative estimate of drug-likeness (QED) is 0.395. The summed E-state index contributed by atoms with van der Waals surface area (Å²) in [6.45, 7) is 8.77. The molecule has 200 valence electrons. The Balaban J connectivity index is 1.54. The van der Waals surface area contributed by atoms with Crippen molar-refractivity contribution in [1.29, 1.82) is 0 Å². The number of nitrogens with zero attached hydrogens (tertiary/aromatic N) is 4. The molecule has 38 heavy (non-hydrogen) atoms. The number of ether oxygens (including phenoxy) is 3. The summed E-state index contributed by atoms with van der Waals surface area (Å²) in [5, 5.41) is 3.36. The van der Waals surface area contributed by atoms with E-state index >= 15 is 0 Å². The molecule has 10 heteroatoms. The summed E-state index contributed by atoms with van der Waals surface area (Å²) < 4.78 is 16.8. The van der Waals surface area contributed by atoms with Gasteiger partial charge in [0, 0.05) is 31.0 Å². The van der Waals surface area contributed by atoms with Crippen molar-refractivity contribution in [2.45, 2.75) is 52.2 Å². The molecule has 4 rings (SSSR count). The smallest absolute Gasteiger partial charge is 0.410 e. The van der Waals surface area contributed by atoms with Crippen LogP contribution in [0.5, 0.6) is 11.6 Å². The van der Waals surface area contributed by atoms with Crippen molar-refractivity contribution in [3.05, 3.63) is 60.6 Å².